The Morgan fingerprint density at radius 3 is 3.00 bits per heavy atom. The van der Waals surface area contributed by atoms with Gasteiger partial charge in [-0.25, -0.2) is 0 Å². The van der Waals surface area contributed by atoms with Gasteiger partial charge >= 0.3 is 11.9 Å². The average Bonchev–Trinajstić information content (AvgIpc) is 2.32. The van der Waals surface area contributed by atoms with Crippen molar-refractivity contribution in [2.24, 2.45) is 5.92 Å². The molecule has 1 fully saturated rings. The largest absolute Gasteiger partial charge is 0.481 e. The van der Waals surface area contributed by atoms with Gasteiger partial charge in [0.2, 0.25) is 0 Å². The van der Waals surface area contributed by atoms with Crippen LogP contribution in [-0.2, 0) is 14.3 Å². The zero-order chi connectivity index (χ0) is 9.14. The highest BCUT2D eigenvalue weighted by Gasteiger charge is 2.38. The molecular weight excluding hydrogens is 160 g/mol. The third-order valence-electron chi connectivity index (χ3n) is 1.83. The molecule has 1 aliphatic rings. The summed E-state index contributed by atoms with van der Waals surface area (Å²) in [6.45, 7) is 3.46. The molecule has 0 amide bonds. The number of ether oxygens (including phenoxy) is 1. The lowest BCUT2D eigenvalue weighted by Gasteiger charge is -2.10. The van der Waals surface area contributed by atoms with Gasteiger partial charge < -0.3 is 9.84 Å². The third-order valence-corrected chi connectivity index (χ3v) is 1.83. The second-order valence-electron chi connectivity index (χ2n) is 2.70. The van der Waals surface area contributed by atoms with E-state index in [1.165, 1.54) is 0 Å². The van der Waals surface area contributed by atoms with Crippen molar-refractivity contribution in [1.82, 2.24) is 0 Å². The molecule has 0 radical (unpaired) electrons. The van der Waals surface area contributed by atoms with Gasteiger partial charge in [0.05, 0.1) is 6.42 Å². The van der Waals surface area contributed by atoms with E-state index in [2.05, 4.69) is 6.58 Å². The van der Waals surface area contributed by atoms with Crippen LogP contribution in [0.5, 0.6) is 0 Å². The topological polar surface area (TPSA) is 63.6 Å². The SMILES string of the molecule is C=CCC1OC(=O)CC1C(=O)O. The van der Waals surface area contributed by atoms with Crippen molar-refractivity contribution < 1.29 is 19.4 Å². The van der Waals surface area contributed by atoms with Crippen LogP contribution in [0.3, 0.4) is 0 Å². The predicted molar refractivity (Wildman–Crippen MR) is 40.4 cm³/mol. The smallest absolute Gasteiger partial charge is 0.310 e. The first-order valence-electron chi connectivity index (χ1n) is 3.68. The van der Waals surface area contributed by atoms with Gasteiger partial charge in [0.25, 0.3) is 0 Å². The van der Waals surface area contributed by atoms with Crippen LogP contribution in [0.1, 0.15) is 12.8 Å². The van der Waals surface area contributed by atoms with Crippen molar-refractivity contribution in [3.05, 3.63) is 12.7 Å². The van der Waals surface area contributed by atoms with E-state index < -0.39 is 24.0 Å². The highest BCUT2D eigenvalue weighted by Crippen LogP contribution is 2.24. The highest BCUT2D eigenvalue weighted by molar-refractivity contribution is 5.82. The van der Waals surface area contributed by atoms with E-state index in [4.69, 9.17) is 9.84 Å². The maximum Gasteiger partial charge on any atom is 0.310 e. The van der Waals surface area contributed by atoms with Crippen molar-refractivity contribution in [3.63, 3.8) is 0 Å². The molecule has 1 rings (SSSR count). The number of carbonyl (C=O) groups is 2. The fourth-order valence-electron chi connectivity index (χ4n) is 1.23. The summed E-state index contributed by atoms with van der Waals surface area (Å²) in [7, 11) is 0. The molecule has 4 heteroatoms. The molecule has 1 heterocycles. The normalized spacial score (nSPS) is 28.2. The number of carboxylic acid groups (broad SMARTS) is 1. The fourth-order valence-corrected chi connectivity index (χ4v) is 1.23. The quantitative estimate of drug-likeness (QED) is 0.497. The van der Waals surface area contributed by atoms with Crippen LogP contribution in [0.25, 0.3) is 0 Å². The van der Waals surface area contributed by atoms with Crippen LogP contribution in [0.4, 0.5) is 0 Å². The molecule has 1 N–H and O–H groups in total. The number of hydrogen-bond acceptors (Lipinski definition) is 3. The predicted octanol–water partition coefficient (Wildman–Crippen LogP) is 0.579. The van der Waals surface area contributed by atoms with Crippen molar-refractivity contribution in [2.45, 2.75) is 18.9 Å². The first-order chi connectivity index (χ1) is 5.65. The Kier molecular flexibility index (Phi) is 2.47. The minimum absolute atomic E-state index is 0.0200. The average molecular weight is 170 g/mol. The maximum atomic E-state index is 10.7. The van der Waals surface area contributed by atoms with Gasteiger partial charge in [-0.2, -0.15) is 0 Å². The molecule has 0 aromatic rings. The highest BCUT2D eigenvalue weighted by atomic mass is 16.6. The van der Waals surface area contributed by atoms with Gasteiger partial charge in [0, 0.05) is 6.42 Å². The Balaban J connectivity index is 2.64. The third kappa shape index (κ3) is 1.64. The van der Waals surface area contributed by atoms with Gasteiger partial charge in [-0.3, -0.25) is 9.59 Å². The summed E-state index contributed by atoms with van der Waals surface area (Å²) >= 11 is 0. The molecule has 0 aliphatic carbocycles. The number of rotatable bonds is 3. The van der Waals surface area contributed by atoms with E-state index in [-0.39, 0.29) is 6.42 Å². The summed E-state index contributed by atoms with van der Waals surface area (Å²) in [5.74, 6) is -2.11. The number of carbonyl (C=O) groups excluding carboxylic acids is 1. The number of aliphatic carboxylic acids is 1. The van der Waals surface area contributed by atoms with Crippen molar-refractivity contribution in [3.8, 4) is 0 Å². The molecule has 66 valence electrons. The number of carboxylic acids is 1. The minimum atomic E-state index is -0.979. The Hall–Kier alpha value is -1.32. The fraction of sp³-hybridized carbons (Fsp3) is 0.500. The molecule has 1 saturated heterocycles. The molecule has 0 aromatic carbocycles. The van der Waals surface area contributed by atoms with Crippen LogP contribution in [-0.4, -0.2) is 23.1 Å². The molecule has 1 aliphatic heterocycles. The minimum Gasteiger partial charge on any atom is -0.481 e. The Labute approximate surface area is 69.8 Å². The number of hydrogen-bond donors (Lipinski definition) is 1. The summed E-state index contributed by atoms with van der Waals surface area (Å²) in [5, 5.41) is 8.66. The van der Waals surface area contributed by atoms with E-state index in [1.54, 1.807) is 6.08 Å². The molecule has 0 bridgehead atoms. The summed E-state index contributed by atoms with van der Waals surface area (Å²) in [4.78, 5) is 21.3. The summed E-state index contributed by atoms with van der Waals surface area (Å²) in [6.07, 6.45) is 1.42. The van der Waals surface area contributed by atoms with Crippen molar-refractivity contribution in [1.29, 1.82) is 0 Å². The first kappa shape index (κ1) is 8.77. The van der Waals surface area contributed by atoms with E-state index in [1.807, 2.05) is 0 Å². The molecule has 0 aromatic heterocycles. The molecule has 0 spiro atoms. The van der Waals surface area contributed by atoms with E-state index in [0.29, 0.717) is 6.42 Å². The second-order valence-corrected chi connectivity index (χ2v) is 2.70. The monoisotopic (exact) mass is 170 g/mol. The summed E-state index contributed by atoms with van der Waals surface area (Å²) in [6, 6.07) is 0. The maximum absolute atomic E-state index is 10.7. The lowest BCUT2D eigenvalue weighted by Crippen LogP contribution is -2.23. The lowest BCUT2D eigenvalue weighted by molar-refractivity contribution is -0.144. The van der Waals surface area contributed by atoms with Crippen LogP contribution in [0.2, 0.25) is 0 Å². The molecular formula is C8H10O4. The van der Waals surface area contributed by atoms with Gasteiger partial charge in [0.1, 0.15) is 12.0 Å². The molecule has 2 atom stereocenters. The van der Waals surface area contributed by atoms with E-state index in [0.717, 1.165) is 0 Å². The molecule has 12 heavy (non-hydrogen) atoms. The van der Waals surface area contributed by atoms with Crippen LogP contribution < -0.4 is 0 Å². The molecule has 0 saturated carbocycles. The molecule has 2 unspecified atom stereocenters. The van der Waals surface area contributed by atoms with Crippen LogP contribution in [0, 0.1) is 5.92 Å². The van der Waals surface area contributed by atoms with Gasteiger partial charge in [-0.1, -0.05) is 6.08 Å². The van der Waals surface area contributed by atoms with E-state index in [9.17, 15) is 9.59 Å². The lowest BCUT2D eigenvalue weighted by atomic mass is 9.99. The number of cyclic esters (lactones) is 1. The Morgan fingerprint density at radius 2 is 2.50 bits per heavy atom. The first-order valence-corrected chi connectivity index (χ1v) is 3.68. The standard InChI is InChI=1S/C8H10O4/c1-2-3-6-5(8(10)11)4-7(9)12-6/h2,5-6H,1,3-4H2,(H,10,11). The van der Waals surface area contributed by atoms with E-state index >= 15 is 0 Å². The van der Waals surface area contributed by atoms with Gasteiger partial charge in [0.15, 0.2) is 0 Å². The Morgan fingerprint density at radius 1 is 1.83 bits per heavy atom. The van der Waals surface area contributed by atoms with Gasteiger partial charge in [-0.05, 0) is 0 Å². The van der Waals surface area contributed by atoms with Crippen LogP contribution >= 0.6 is 0 Å². The Bertz CT molecular complexity index is 221. The zero-order valence-corrected chi connectivity index (χ0v) is 6.53. The number of esters is 1. The second kappa shape index (κ2) is 3.38. The van der Waals surface area contributed by atoms with Gasteiger partial charge in [-0.15, -0.1) is 6.58 Å². The van der Waals surface area contributed by atoms with Crippen LogP contribution in [0.15, 0.2) is 12.7 Å². The summed E-state index contributed by atoms with van der Waals surface area (Å²) in [5.41, 5.74) is 0. The zero-order valence-electron chi connectivity index (χ0n) is 6.53. The summed E-state index contributed by atoms with van der Waals surface area (Å²) < 4.78 is 4.78. The molecule has 4 nitrogen and oxygen atoms in total. The van der Waals surface area contributed by atoms with Crippen molar-refractivity contribution >= 4 is 11.9 Å². The van der Waals surface area contributed by atoms with Crippen molar-refractivity contribution in [2.75, 3.05) is 0 Å².